The second-order valence-electron chi connectivity index (χ2n) is 8.84. The molecule has 2 nitrogen and oxygen atoms in total. The van der Waals surface area contributed by atoms with Gasteiger partial charge in [-0.2, -0.15) is 0 Å². The number of aliphatic hydroxyl groups is 2. The molecule has 124 valence electrons. The predicted molar refractivity (Wildman–Crippen MR) is 91.8 cm³/mol. The Labute approximate surface area is 142 Å². The third-order valence-corrected chi connectivity index (χ3v) is 8.85. The van der Waals surface area contributed by atoms with E-state index >= 15 is 0 Å². The van der Waals surface area contributed by atoms with Gasteiger partial charge in [0.1, 0.15) is 0 Å². The van der Waals surface area contributed by atoms with Gasteiger partial charge in [0.2, 0.25) is 0 Å². The van der Waals surface area contributed by atoms with Gasteiger partial charge < -0.3 is 10.2 Å². The van der Waals surface area contributed by atoms with Crippen LogP contribution in [0.3, 0.4) is 0 Å². The molecule has 0 unspecified atom stereocenters. The summed E-state index contributed by atoms with van der Waals surface area (Å²) in [5.41, 5.74) is 1.82. The first-order valence-corrected chi connectivity index (χ1v) is 10.0. The molecule has 4 aliphatic carbocycles. The number of hydrogen-bond donors (Lipinski definition) is 2. The molecule has 0 aromatic heterocycles. The molecule has 3 fully saturated rings. The van der Waals surface area contributed by atoms with Gasteiger partial charge in [0.25, 0.3) is 0 Å². The lowest BCUT2D eigenvalue weighted by atomic mass is 9.47. The van der Waals surface area contributed by atoms with E-state index in [0.29, 0.717) is 23.2 Å². The predicted octanol–water partition coefficient (Wildman–Crippen LogP) is 4.04. The Morgan fingerprint density at radius 1 is 1.14 bits per heavy atom. The molecule has 0 saturated heterocycles. The van der Waals surface area contributed by atoms with Crippen LogP contribution in [0.25, 0.3) is 0 Å². The SMILES string of the molecule is C[C@]12CC[C@H]3[C@@H]([C@@H](O)C=C4CCCC[C@@]43C)[C@@H]1C[C@@H](Br)[C@@H]2O. The molecule has 2 N–H and O–H groups in total. The van der Waals surface area contributed by atoms with Gasteiger partial charge in [0.15, 0.2) is 0 Å². The normalized spacial score (nSPS) is 57.6. The van der Waals surface area contributed by atoms with Crippen molar-refractivity contribution >= 4 is 15.9 Å². The van der Waals surface area contributed by atoms with E-state index in [4.69, 9.17) is 0 Å². The van der Waals surface area contributed by atoms with Crippen LogP contribution in [-0.4, -0.2) is 27.2 Å². The fourth-order valence-electron chi connectivity index (χ4n) is 6.63. The lowest BCUT2D eigenvalue weighted by Gasteiger charge is -2.58. The van der Waals surface area contributed by atoms with Crippen LogP contribution in [0.1, 0.15) is 58.8 Å². The van der Waals surface area contributed by atoms with Crippen molar-refractivity contribution in [2.75, 3.05) is 0 Å². The lowest BCUT2D eigenvalue weighted by molar-refractivity contribution is -0.101. The quantitative estimate of drug-likeness (QED) is 0.500. The Bertz CT molecular complexity index is 504. The van der Waals surface area contributed by atoms with Gasteiger partial charge in [0, 0.05) is 4.83 Å². The molecular weight excluding hydrogens is 340 g/mol. The van der Waals surface area contributed by atoms with E-state index in [9.17, 15) is 10.2 Å². The van der Waals surface area contributed by atoms with E-state index in [-0.39, 0.29) is 22.5 Å². The maximum atomic E-state index is 10.9. The van der Waals surface area contributed by atoms with Crippen molar-refractivity contribution in [1.29, 1.82) is 0 Å². The smallest absolute Gasteiger partial charge is 0.0757 e. The molecule has 0 bridgehead atoms. The van der Waals surface area contributed by atoms with E-state index in [1.165, 1.54) is 37.7 Å². The summed E-state index contributed by atoms with van der Waals surface area (Å²) in [7, 11) is 0. The summed E-state index contributed by atoms with van der Waals surface area (Å²) in [6.07, 6.45) is 10.0. The molecule has 0 amide bonds. The van der Waals surface area contributed by atoms with Gasteiger partial charge in [-0.3, -0.25) is 0 Å². The highest BCUT2D eigenvalue weighted by Gasteiger charge is 2.62. The number of aliphatic hydroxyl groups excluding tert-OH is 2. The Morgan fingerprint density at radius 3 is 2.68 bits per heavy atom. The van der Waals surface area contributed by atoms with Crippen molar-refractivity contribution in [3.63, 3.8) is 0 Å². The van der Waals surface area contributed by atoms with Gasteiger partial charge in [-0.05, 0) is 67.1 Å². The number of rotatable bonds is 0. The molecule has 0 aromatic carbocycles. The van der Waals surface area contributed by atoms with Crippen LogP contribution < -0.4 is 0 Å². The van der Waals surface area contributed by atoms with Gasteiger partial charge in [-0.15, -0.1) is 0 Å². The Morgan fingerprint density at radius 2 is 1.91 bits per heavy atom. The van der Waals surface area contributed by atoms with Gasteiger partial charge in [-0.25, -0.2) is 0 Å². The third kappa shape index (κ3) is 1.91. The van der Waals surface area contributed by atoms with Crippen LogP contribution in [0.4, 0.5) is 0 Å². The third-order valence-electron chi connectivity index (χ3n) is 7.98. The second kappa shape index (κ2) is 5.07. The zero-order valence-corrected chi connectivity index (χ0v) is 15.3. The number of alkyl halides is 1. The molecule has 4 rings (SSSR count). The maximum Gasteiger partial charge on any atom is 0.0757 e. The van der Waals surface area contributed by atoms with Crippen LogP contribution >= 0.6 is 15.9 Å². The van der Waals surface area contributed by atoms with E-state index in [1.54, 1.807) is 0 Å². The van der Waals surface area contributed by atoms with Crippen LogP contribution in [0.2, 0.25) is 0 Å². The number of allylic oxidation sites excluding steroid dienone is 1. The van der Waals surface area contributed by atoms with E-state index in [0.717, 1.165) is 12.8 Å². The fourth-order valence-corrected chi connectivity index (χ4v) is 7.64. The molecule has 0 spiro atoms. The van der Waals surface area contributed by atoms with Gasteiger partial charge in [0.05, 0.1) is 12.2 Å². The molecule has 3 saturated carbocycles. The number of halogens is 1. The summed E-state index contributed by atoms with van der Waals surface area (Å²) in [4.78, 5) is 0.193. The molecule has 8 atom stereocenters. The van der Waals surface area contributed by atoms with Crippen molar-refractivity contribution < 1.29 is 10.2 Å². The molecule has 4 aliphatic rings. The van der Waals surface area contributed by atoms with Crippen molar-refractivity contribution in [2.45, 2.75) is 75.8 Å². The number of fused-ring (bicyclic) bond motifs is 5. The van der Waals surface area contributed by atoms with Gasteiger partial charge >= 0.3 is 0 Å². The zero-order valence-electron chi connectivity index (χ0n) is 13.8. The molecule has 0 aromatic rings. The average molecular weight is 369 g/mol. The van der Waals surface area contributed by atoms with E-state index in [2.05, 4.69) is 35.9 Å². The average Bonchev–Trinajstić information content (AvgIpc) is 2.71. The summed E-state index contributed by atoms with van der Waals surface area (Å²) in [6, 6.07) is 0. The summed E-state index contributed by atoms with van der Waals surface area (Å²) in [5.74, 6) is 1.38. The summed E-state index contributed by atoms with van der Waals surface area (Å²) in [6.45, 7) is 4.72. The topological polar surface area (TPSA) is 40.5 Å². The maximum absolute atomic E-state index is 10.9. The number of hydrogen-bond acceptors (Lipinski definition) is 2. The minimum atomic E-state index is -0.305. The van der Waals surface area contributed by atoms with Crippen molar-refractivity contribution in [1.82, 2.24) is 0 Å². The zero-order chi connectivity index (χ0) is 15.7. The van der Waals surface area contributed by atoms with Gasteiger partial charge in [-0.1, -0.05) is 47.8 Å². The standard InChI is InChI=1S/C19H29BrO2/c1-18-7-4-3-5-11(18)9-15(21)16-12(18)6-8-19(2)13(16)10-14(20)17(19)22/h9,12-17,21-22H,3-8,10H2,1-2H3/t12-,13-,14+,15-,16+,17-,18-,19-/m0/s1. The molecule has 22 heavy (non-hydrogen) atoms. The first kappa shape index (κ1) is 15.7. The highest BCUT2D eigenvalue weighted by atomic mass is 79.9. The fraction of sp³-hybridized carbons (Fsp3) is 0.895. The molecular formula is C19H29BrO2. The summed E-state index contributed by atoms with van der Waals surface area (Å²) in [5, 5.41) is 21.6. The first-order valence-electron chi connectivity index (χ1n) is 9.09. The molecule has 0 radical (unpaired) electrons. The van der Waals surface area contributed by atoms with Crippen molar-refractivity contribution in [3.05, 3.63) is 11.6 Å². The highest BCUT2D eigenvalue weighted by Crippen LogP contribution is 2.65. The summed E-state index contributed by atoms with van der Waals surface area (Å²) >= 11 is 3.70. The Kier molecular flexibility index (Phi) is 3.61. The van der Waals surface area contributed by atoms with Crippen LogP contribution in [0, 0.1) is 28.6 Å². The lowest BCUT2D eigenvalue weighted by Crippen LogP contribution is -2.54. The largest absolute Gasteiger partial charge is 0.391 e. The first-order chi connectivity index (χ1) is 10.4. The van der Waals surface area contributed by atoms with Crippen molar-refractivity contribution in [2.24, 2.45) is 28.6 Å². The van der Waals surface area contributed by atoms with Crippen LogP contribution in [0.5, 0.6) is 0 Å². The molecule has 0 aliphatic heterocycles. The Balaban J connectivity index is 1.75. The molecule has 0 heterocycles. The van der Waals surface area contributed by atoms with E-state index in [1.807, 2.05) is 0 Å². The monoisotopic (exact) mass is 368 g/mol. The van der Waals surface area contributed by atoms with Crippen LogP contribution in [-0.2, 0) is 0 Å². The minimum absolute atomic E-state index is 0.0211. The minimum Gasteiger partial charge on any atom is -0.391 e. The Hall–Kier alpha value is 0.140. The highest BCUT2D eigenvalue weighted by molar-refractivity contribution is 9.09. The summed E-state index contributed by atoms with van der Waals surface area (Å²) < 4.78 is 0. The second-order valence-corrected chi connectivity index (χ2v) is 10.0. The molecule has 3 heteroatoms. The van der Waals surface area contributed by atoms with Crippen LogP contribution in [0.15, 0.2) is 11.6 Å². The van der Waals surface area contributed by atoms with Crippen molar-refractivity contribution in [3.8, 4) is 0 Å². The van der Waals surface area contributed by atoms with E-state index < -0.39 is 0 Å².